The van der Waals surface area contributed by atoms with Crippen molar-refractivity contribution in [2.24, 2.45) is 0 Å². The Labute approximate surface area is 113 Å². The van der Waals surface area contributed by atoms with Crippen LogP contribution < -0.4 is 16.0 Å². The highest BCUT2D eigenvalue weighted by molar-refractivity contribution is 5.92. The smallest absolute Gasteiger partial charge is 0.319 e. The van der Waals surface area contributed by atoms with Crippen LogP contribution in [0.1, 0.15) is 33.6 Å². The molecule has 3 N–H and O–H groups in total. The molecule has 0 aliphatic rings. The Morgan fingerprint density at radius 1 is 1.05 bits per heavy atom. The van der Waals surface area contributed by atoms with E-state index in [2.05, 4.69) is 16.0 Å². The van der Waals surface area contributed by atoms with Crippen molar-refractivity contribution >= 4 is 23.3 Å². The van der Waals surface area contributed by atoms with Crippen LogP contribution in [0.3, 0.4) is 0 Å². The Bertz CT molecular complexity index is 427. The van der Waals surface area contributed by atoms with E-state index in [-0.39, 0.29) is 18.0 Å². The number of hydrogen-bond acceptors (Lipinski definition) is 2. The van der Waals surface area contributed by atoms with Crippen LogP contribution in [0.15, 0.2) is 24.3 Å². The maximum atomic E-state index is 11.5. The molecule has 0 aliphatic carbocycles. The van der Waals surface area contributed by atoms with Crippen molar-refractivity contribution in [2.45, 2.75) is 39.7 Å². The van der Waals surface area contributed by atoms with Gasteiger partial charge in [0.15, 0.2) is 0 Å². The van der Waals surface area contributed by atoms with Gasteiger partial charge in [-0.25, -0.2) is 4.79 Å². The molecule has 0 unspecified atom stereocenters. The van der Waals surface area contributed by atoms with E-state index >= 15 is 0 Å². The molecule has 5 heteroatoms. The van der Waals surface area contributed by atoms with Crippen LogP contribution in [-0.2, 0) is 4.79 Å². The number of nitrogens with one attached hydrogen (secondary N) is 3. The van der Waals surface area contributed by atoms with Gasteiger partial charge < -0.3 is 16.0 Å². The molecule has 3 amide bonds. The summed E-state index contributed by atoms with van der Waals surface area (Å²) in [6.45, 7) is 5.75. The Kier molecular flexibility index (Phi) is 5.85. The number of benzene rings is 1. The molecule has 0 bridgehead atoms. The van der Waals surface area contributed by atoms with E-state index in [0.717, 1.165) is 12.1 Å². The number of anilines is 2. The molecule has 1 aromatic rings. The highest BCUT2D eigenvalue weighted by atomic mass is 16.2. The van der Waals surface area contributed by atoms with Gasteiger partial charge in [0.25, 0.3) is 0 Å². The number of rotatable bonds is 5. The summed E-state index contributed by atoms with van der Waals surface area (Å²) in [5, 5.41) is 8.24. The summed E-state index contributed by atoms with van der Waals surface area (Å²) >= 11 is 0. The molecular formula is C14H21N3O2. The minimum absolute atomic E-state index is 0.000704. The predicted octanol–water partition coefficient (Wildman–Crippen LogP) is 2.96. The SMILES string of the molecule is CCCC(=O)Nc1ccc(NC(=O)NC(C)C)cc1. The maximum Gasteiger partial charge on any atom is 0.319 e. The summed E-state index contributed by atoms with van der Waals surface area (Å²) in [5.41, 5.74) is 1.42. The van der Waals surface area contributed by atoms with Crippen LogP contribution in [0.5, 0.6) is 0 Å². The standard InChI is InChI=1S/C14H21N3O2/c1-4-5-13(18)16-11-6-8-12(9-7-11)17-14(19)15-10(2)3/h6-10H,4-5H2,1-3H3,(H,16,18)(H2,15,17,19). The molecule has 0 saturated heterocycles. The summed E-state index contributed by atoms with van der Waals surface area (Å²) in [6.07, 6.45) is 1.33. The molecule has 0 spiro atoms. The lowest BCUT2D eigenvalue weighted by atomic mass is 10.2. The van der Waals surface area contributed by atoms with E-state index in [1.54, 1.807) is 24.3 Å². The van der Waals surface area contributed by atoms with E-state index in [0.29, 0.717) is 12.1 Å². The monoisotopic (exact) mass is 263 g/mol. The minimum Gasteiger partial charge on any atom is -0.336 e. The summed E-state index contributed by atoms with van der Waals surface area (Å²) < 4.78 is 0. The van der Waals surface area contributed by atoms with Crippen molar-refractivity contribution in [3.63, 3.8) is 0 Å². The molecule has 1 aromatic carbocycles. The van der Waals surface area contributed by atoms with Crippen LogP contribution in [0.2, 0.25) is 0 Å². The van der Waals surface area contributed by atoms with Gasteiger partial charge in [0.1, 0.15) is 0 Å². The van der Waals surface area contributed by atoms with Gasteiger partial charge in [0.2, 0.25) is 5.91 Å². The Hall–Kier alpha value is -2.04. The van der Waals surface area contributed by atoms with Gasteiger partial charge in [0, 0.05) is 23.8 Å². The molecule has 0 atom stereocenters. The predicted molar refractivity (Wildman–Crippen MR) is 77.3 cm³/mol. The third-order valence-corrected chi connectivity index (χ3v) is 2.32. The highest BCUT2D eigenvalue weighted by Crippen LogP contribution is 2.13. The summed E-state index contributed by atoms with van der Waals surface area (Å²) in [7, 11) is 0. The van der Waals surface area contributed by atoms with E-state index in [9.17, 15) is 9.59 Å². The van der Waals surface area contributed by atoms with Crippen molar-refractivity contribution in [1.29, 1.82) is 0 Å². The molecule has 104 valence electrons. The van der Waals surface area contributed by atoms with E-state index in [1.807, 2.05) is 20.8 Å². The third kappa shape index (κ3) is 5.90. The average molecular weight is 263 g/mol. The first-order valence-electron chi connectivity index (χ1n) is 6.48. The number of hydrogen-bond donors (Lipinski definition) is 3. The topological polar surface area (TPSA) is 70.2 Å². The van der Waals surface area contributed by atoms with Crippen LogP contribution in [0.4, 0.5) is 16.2 Å². The lowest BCUT2D eigenvalue weighted by Gasteiger charge is -2.10. The molecular weight excluding hydrogens is 242 g/mol. The number of carbonyl (C=O) groups is 2. The second-order valence-corrected chi connectivity index (χ2v) is 4.63. The molecule has 1 rings (SSSR count). The Morgan fingerprint density at radius 3 is 2.05 bits per heavy atom. The van der Waals surface area contributed by atoms with Gasteiger partial charge in [-0.3, -0.25) is 4.79 Å². The first kappa shape index (κ1) is 15.0. The van der Waals surface area contributed by atoms with Crippen LogP contribution in [0.25, 0.3) is 0 Å². The zero-order valence-corrected chi connectivity index (χ0v) is 11.6. The lowest BCUT2D eigenvalue weighted by molar-refractivity contribution is -0.116. The van der Waals surface area contributed by atoms with E-state index in [1.165, 1.54) is 0 Å². The largest absolute Gasteiger partial charge is 0.336 e. The number of urea groups is 1. The Morgan fingerprint density at radius 2 is 1.58 bits per heavy atom. The zero-order chi connectivity index (χ0) is 14.3. The van der Waals surface area contributed by atoms with Crippen molar-refractivity contribution in [2.75, 3.05) is 10.6 Å². The quantitative estimate of drug-likeness (QED) is 0.764. The fraction of sp³-hybridized carbons (Fsp3) is 0.429. The molecule has 19 heavy (non-hydrogen) atoms. The molecule has 5 nitrogen and oxygen atoms in total. The molecule has 0 heterocycles. The summed E-state index contributed by atoms with van der Waals surface area (Å²) in [6, 6.07) is 6.88. The fourth-order valence-corrected chi connectivity index (χ4v) is 1.52. The van der Waals surface area contributed by atoms with Crippen LogP contribution in [0, 0.1) is 0 Å². The molecule has 0 aliphatic heterocycles. The summed E-state index contributed by atoms with van der Waals surface area (Å²) in [4.78, 5) is 22.9. The second-order valence-electron chi connectivity index (χ2n) is 4.63. The number of carbonyl (C=O) groups excluding carboxylic acids is 2. The zero-order valence-electron chi connectivity index (χ0n) is 11.6. The highest BCUT2D eigenvalue weighted by Gasteiger charge is 2.04. The van der Waals surface area contributed by atoms with Crippen LogP contribution in [-0.4, -0.2) is 18.0 Å². The molecule has 0 radical (unpaired) electrons. The van der Waals surface area contributed by atoms with Gasteiger partial charge in [-0.1, -0.05) is 6.92 Å². The molecule has 0 fully saturated rings. The van der Waals surface area contributed by atoms with E-state index in [4.69, 9.17) is 0 Å². The van der Waals surface area contributed by atoms with Crippen molar-refractivity contribution in [3.05, 3.63) is 24.3 Å². The van der Waals surface area contributed by atoms with Crippen LogP contribution >= 0.6 is 0 Å². The third-order valence-electron chi connectivity index (χ3n) is 2.32. The van der Waals surface area contributed by atoms with Gasteiger partial charge in [-0.05, 0) is 44.5 Å². The van der Waals surface area contributed by atoms with Gasteiger partial charge >= 0.3 is 6.03 Å². The van der Waals surface area contributed by atoms with Crippen molar-refractivity contribution in [1.82, 2.24) is 5.32 Å². The van der Waals surface area contributed by atoms with Gasteiger partial charge in [-0.15, -0.1) is 0 Å². The minimum atomic E-state index is -0.238. The molecule has 0 aromatic heterocycles. The van der Waals surface area contributed by atoms with Gasteiger partial charge in [-0.2, -0.15) is 0 Å². The first-order chi connectivity index (χ1) is 9.01. The summed E-state index contributed by atoms with van der Waals surface area (Å²) in [5.74, 6) is 0.000704. The maximum absolute atomic E-state index is 11.5. The van der Waals surface area contributed by atoms with Crippen molar-refractivity contribution < 1.29 is 9.59 Å². The average Bonchev–Trinajstić information content (AvgIpc) is 2.31. The Balaban J connectivity index is 2.52. The number of amides is 3. The first-order valence-corrected chi connectivity index (χ1v) is 6.48. The van der Waals surface area contributed by atoms with Crippen molar-refractivity contribution in [3.8, 4) is 0 Å². The normalized spacial score (nSPS) is 10.1. The van der Waals surface area contributed by atoms with Gasteiger partial charge in [0.05, 0.1) is 0 Å². The second kappa shape index (κ2) is 7.41. The fourth-order valence-electron chi connectivity index (χ4n) is 1.52. The van der Waals surface area contributed by atoms with E-state index < -0.39 is 0 Å². The lowest BCUT2D eigenvalue weighted by Crippen LogP contribution is -2.34. The molecule has 0 saturated carbocycles.